The molecule has 1 fully saturated rings. The van der Waals surface area contributed by atoms with Crippen LogP contribution in [0, 0.1) is 18.3 Å². The summed E-state index contributed by atoms with van der Waals surface area (Å²) in [5.41, 5.74) is 2.66. The van der Waals surface area contributed by atoms with Crippen LogP contribution in [0.25, 0.3) is 0 Å². The van der Waals surface area contributed by atoms with E-state index in [0.717, 1.165) is 67.5 Å². The topological polar surface area (TPSA) is 94.4 Å². The van der Waals surface area contributed by atoms with Crippen molar-refractivity contribution >= 4 is 5.82 Å². The Morgan fingerprint density at radius 1 is 1.21 bits per heavy atom. The van der Waals surface area contributed by atoms with Crippen molar-refractivity contribution in [2.24, 2.45) is 0 Å². The molecule has 0 saturated carbocycles. The van der Waals surface area contributed by atoms with Crippen molar-refractivity contribution in [1.82, 2.24) is 25.4 Å². The van der Waals surface area contributed by atoms with E-state index in [1.165, 1.54) is 0 Å². The number of rotatable bonds is 4. The smallest absolute Gasteiger partial charge is 0.169 e. The third kappa shape index (κ3) is 2.96. The van der Waals surface area contributed by atoms with E-state index in [-0.39, 0.29) is 0 Å². The van der Waals surface area contributed by atoms with E-state index in [1.54, 1.807) is 0 Å². The molecule has 3 rings (SSSR count). The van der Waals surface area contributed by atoms with Crippen molar-refractivity contribution in [2.75, 3.05) is 18.0 Å². The van der Waals surface area contributed by atoms with Crippen LogP contribution in [-0.2, 0) is 12.8 Å². The molecule has 0 aliphatic carbocycles. The number of hydrogen-bond acceptors (Lipinski definition) is 6. The minimum absolute atomic E-state index is 0.366. The molecule has 0 radical (unpaired) electrons. The average molecular weight is 325 g/mol. The lowest BCUT2D eigenvalue weighted by molar-refractivity contribution is 0.483. The van der Waals surface area contributed by atoms with Gasteiger partial charge < -0.3 is 4.90 Å². The maximum absolute atomic E-state index is 9.65. The van der Waals surface area contributed by atoms with Crippen LogP contribution in [0.15, 0.2) is 0 Å². The number of aryl methyl sites for hydroxylation is 2. The van der Waals surface area contributed by atoms with Gasteiger partial charge >= 0.3 is 0 Å². The highest BCUT2D eigenvalue weighted by Gasteiger charge is 2.27. The largest absolute Gasteiger partial charge is 0.354 e. The molecule has 0 bridgehead atoms. The molecular weight excluding hydrogens is 302 g/mol. The molecular formula is C17H23N7. The molecule has 2 aromatic heterocycles. The van der Waals surface area contributed by atoms with Gasteiger partial charge in [0.25, 0.3) is 0 Å². The Balaban J connectivity index is 1.80. The van der Waals surface area contributed by atoms with E-state index in [4.69, 9.17) is 0 Å². The maximum Gasteiger partial charge on any atom is 0.169 e. The minimum atomic E-state index is 0.366. The summed E-state index contributed by atoms with van der Waals surface area (Å²) in [6, 6.07) is 2.36. The number of anilines is 1. The molecule has 0 spiro atoms. The first-order chi connectivity index (χ1) is 11.7. The zero-order chi connectivity index (χ0) is 17.1. The first-order valence-corrected chi connectivity index (χ1v) is 8.60. The molecule has 0 unspecified atom stereocenters. The van der Waals surface area contributed by atoms with Crippen LogP contribution in [0.1, 0.15) is 61.1 Å². The SMILES string of the molecule is CCc1nnc(N2CCC(c3n[nH]c(C)n3)CC2)c(C#N)c1CC. The lowest BCUT2D eigenvalue weighted by atomic mass is 9.95. The van der Waals surface area contributed by atoms with Crippen molar-refractivity contribution in [3.8, 4) is 6.07 Å². The van der Waals surface area contributed by atoms with Gasteiger partial charge in [-0.05, 0) is 38.2 Å². The number of nitrogens with zero attached hydrogens (tertiary/aromatic N) is 6. The highest BCUT2D eigenvalue weighted by atomic mass is 15.3. The third-order valence-electron chi connectivity index (χ3n) is 4.71. The molecule has 1 aliphatic heterocycles. The average Bonchev–Trinajstić information content (AvgIpc) is 3.06. The summed E-state index contributed by atoms with van der Waals surface area (Å²) in [6.45, 7) is 7.72. The van der Waals surface area contributed by atoms with Gasteiger partial charge in [-0.3, -0.25) is 5.10 Å². The molecule has 126 valence electrons. The van der Waals surface area contributed by atoms with Gasteiger partial charge in [-0.2, -0.15) is 15.5 Å². The molecule has 2 aromatic rings. The lowest BCUT2D eigenvalue weighted by Gasteiger charge is -2.32. The number of piperidine rings is 1. The van der Waals surface area contributed by atoms with Crippen LogP contribution in [0.3, 0.4) is 0 Å². The summed E-state index contributed by atoms with van der Waals surface area (Å²) >= 11 is 0. The number of H-pyrrole nitrogens is 1. The van der Waals surface area contributed by atoms with Crippen molar-refractivity contribution in [1.29, 1.82) is 5.26 Å². The van der Waals surface area contributed by atoms with Crippen LogP contribution in [0.2, 0.25) is 0 Å². The Kier molecular flexibility index (Phi) is 4.74. The maximum atomic E-state index is 9.65. The van der Waals surface area contributed by atoms with Crippen LogP contribution in [0.4, 0.5) is 5.82 Å². The van der Waals surface area contributed by atoms with E-state index in [0.29, 0.717) is 11.5 Å². The van der Waals surface area contributed by atoms with E-state index in [2.05, 4.69) is 43.3 Å². The van der Waals surface area contributed by atoms with Gasteiger partial charge in [0.15, 0.2) is 11.6 Å². The zero-order valence-electron chi connectivity index (χ0n) is 14.5. The van der Waals surface area contributed by atoms with Gasteiger partial charge in [-0.1, -0.05) is 13.8 Å². The van der Waals surface area contributed by atoms with Crippen molar-refractivity contribution in [3.63, 3.8) is 0 Å². The Bertz CT molecular complexity index is 751. The second-order valence-electron chi connectivity index (χ2n) is 6.18. The highest BCUT2D eigenvalue weighted by molar-refractivity contribution is 5.58. The van der Waals surface area contributed by atoms with Crippen LogP contribution < -0.4 is 4.90 Å². The summed E-state index contributed by atoms with van der Waals surface area (Å²) < 4.78 is 0. The van der Waals surface area contributed by atoms with E-state index < -0.39 is 0 Å². The molecule has 0 amide bonds. The molecule has 1 N–H and O–H groups in total. The highest BCUT2D eigenvalue weighted by Crippen LogP contribution is 2.30. The van der Waals surface area contributed by atoms with Crippen molar-refractivity contribution in [2.45, 2.75) is 52.4 Å². The number of hydrogen-bond donors (Lipinski definition) is 1. The Morgan fingerprint density at radius 3 is 2.50 bits per heavy atom. The van der Waals surface area contributed by atoms with Gasteiger partial charge in [0.05, 0.1) is 5.69 Å². The molecule has 0 atom stereocenters. The van der Waals surface area contributed by atoms with Crippen LogP contribution >= 0.6 is 0 Å². The third-order valence-corrected chi connectivity index (χ3v) is 4.71. The van der Waals surface area contributed by atoms with Crippen LogP contribution in [-0.4, -0.2) is 38.5 Å². The van der Waals surface area contributed by atoms with E-state index in [9.17, 15) is 5.26 Å². The second-order valence-corrected chi connectivity index (χ2v) is 6.18. The number of nitriles is 1. The van der Waals surface area contributed by atoms with Gasteiger partial charge in [-0.15, -0.1) is 5.10 Å². The standard InChI is InChI=1S/C17H23N7/c1-4-13-14(10-18)17(23-21-15(13)5-2)24-8-6-12(7-9-24)16-19-11(3)20-22-16/h12H,4-9H2,1-3H3,(H,19,20,22). The zero-order valence-corrected chi connectivity index (χ0v) is 14.5. The fourth-order valence-corrected chi connectivity index (χ4v) is 3.39. The molecule has 24 heavy (non-hydrogen) atoms. The Labute approximate surface area is 142 Å². The number of aromatic amines is 1. The summed E-state index contributed by atoms with van der Waals surface area (Å²) in [7, 11) is 0. The van der Waals surface area contributed by atoms with Gasteiger partial charge in [0.2, 0.25) is 0 Å². The van der Waals surface area contributed by atoms with Gasteiger partial charge in [0, 0.05) is 19.0 Å². The van der Waals surface area contributed by atoms with E-state index >= 15 is 0 Å². The van der Waals surface area contributed by atoms with E-state index in [1.807, 2.05) is 13.8 Å². The first kappa shape index (κ1) is 16.4. The summed E-state index contributed by atoms with van der Waals surface area (Å²) in [4.78, 5) is 6.63. The summed E-state index contributed by atoms with van der Waals surface area (Å²) in [5.74, 6) is 2.85. The Morgan fingerprint density at radius 2 is 1.96 bits per heavy atom. The molecule has 3 heterocycles. The predicted molar refractivity (Wildman–Crippen MR) is 90.8 cm³/mol. The number of aromatic nitrogens is 5. The molecule has 1 saturated heterocycles. The Hall–Kier alpha value is -2.49. The molecule has 1 aliphatic rings. The number of nitrogens with one attached hydrogen (secondary N) is 1. The predicted octanol–water partition coefficient (Wildman–Crippen LogP) is 2.28. The van der Waals surface area contributed by atoms with Gasteiger partial charge in [0.1, 0.15) is 17.5 Å². The van der Waals surface area contributed by atoms with Crippen molar-refractivity contribution in [3.05, 3.63) is 28.5 Å². The molecule has 7 heteroatoms. The van der Waals surface area contributed by atoms with Crippen molar-refractivity contribution < 1.29 is 0 Å². The van der Waals surface area contributed by atoms with Gasteiger partial charge in [-0.25, -0.2) is 4.98 Å². The molecule has 7 nitrogen and oxygen atoms in total. The second kappa shape index (κ2) is 6.95. The quantitative estimate of drug-likeness (QED) is 0.926. The summed E-state index contributed by atoms with van der Waals surface area (Å²) in [6.07, 6.45) is 3.53. The summed E-state index contributed by atoms with van der Waals surface area (Å²) in [5, 5.41) is 25.6. The first-order valence-electron chi connectivity index (χ1n) is 8.60. The fourth-order valence-electron chi connectivity index (χ4n) is 3.39. The normalized spacial score (nSPS) is 15.5. The minimum Gasteiger partial charge on any atom is -0.354 e. The lowest BCUT2D eigenvalue weighted by Crippen LogP contribution is -2.35. The monoisotopic (exact) mass is 325 g/mol. The fraction of sp³-hybridized carbons (Fsp3) is 0.588. The molecule has 0 aromatic carbocycles. The van der Waals surface area contributed by atoms with Crippen LogP contribution in [0.5, 0.6) is 0 Å².